The molecule has 0 aromatic carbocycles. The Morgan fingerprint density at radius 2 is 2.04 bits per heavy atom. The van der Waals surface area contributed by atoms with E-state index in [1.807, 2.05) is 24.7 Å². The number of anilines is 1. The lowest BCUT2D eigenvalue weighted by Crippen LogP contribution is -2.30. The number of aromatic nitrogens is 3. The number of nitrogens with one attached hydrogen (secondary N) is 1. The van der Waals surface area contributed by atoms with E-state index in [0.29, 0.717) is 5.92 Å². The summed E-state index contributed by atoms with van der Waals surface area (Å²) >= 11 is 0. The standard InChI is InChI=1S/C18H23N5/c1-2-10-23(9-1)18-21-13-16(14-5-3-7-19-11-14)17(22-18)15-6-4-8-20-12-15/h3,5,7,11,13,15,20H,1-2,4,6,8-10,12H2/t15-/m0/s1. The Morgan fingerprint density at radius 1 is 1.13 bits per heavy atom. The highest BCUT2D eigenvalue weighted by atomic mass is 15.3. The molecule has 0 radical (unpaired) electrons. The molecule has 4 rings (SSSR count). The molecule has 0 aliphatic carbocycles. The molecule has 1 atom stereocenters. The average Bonchev–Trinajstić information content (AvgIpc) is 3.17. The van der Waals surface area contributed by atoms with Crippen LogP contribution >= 0.6 is 0 Å². The zero-order valence-electron chi connectivity index (χ0n) is 13.4. The van der Waals surface area contributed by atoms with E-state index in [1.165, 1.54) is 31.4 Å². The van der Waals surface area contributed by atoms with E-state index < -0.39 is 0 Å². The molecule has 120 valence electrons. The van der Waals surface area contributed by atoms with Gasteiger partial charge in [0.15, 0.2) is 0 Å². The Labute approximate surface area is 137 Å². The molecule has 0 bridgehead atoms. The quantitative estimate of drug-likeness (QED) is 0.944. The molecular weight excluding hydrogens is 286 g/mol. The van der Waals surface area contributed by atoms with Gasteiger partial charge in [-0.05, 0) is 38.3 Å². The van der Waals surface area contributed by atoms with Crippen LogP contribution in [0.4, 0.5) is 5.95 Å². The van der Waals surface area contributed by atoms with Gasteiger partial charge in [-0.1, -0.05) is 6.07 Å². The zero-order chi connectivity index (χ0) is 15.5. The molecule has 2 aliphatic rings. The topological polar surface area (TPSA) is 53.9 Å². The van der Waals surface area contributed by atoms with Gasteiger partial charge in [0.05, 0.1) is 5.69 Å². The maximum absolute atomic E-state index is 5.00. The van der Waals surface area contributed by atoms with Crippen molar-refractivity contribution >= 4 is 5.95 Å². The van der Waals surface area contributed by atoms with E-state index in [-0.39, 0.29) is 0 Å². The summed E-state index contributed by atoms with van der Waals surface area (Å²) in [5.74, 6) is 1.36. The van der Waals surface area contributed by atoms with Gasteiger partial charge < -0.3 is 10.2 Å². The minimum atomic E-state index is 0.461. The highest BCUT2D eigenvalue weighted by Gasteiger charge is 2.23. The van der Waals surface area contributed by atoms with Gasteiger partial charge in [-0.15, -0.1) is 0 Å². The number of hydrogen-bond acceptors (Lipinski definition) is 5. The highest BCUT2D eigenvalue weighted by Crippen LogP contribution is 2.32. The summed E-state index contributed by atoms with van der Waals surface area (Å²) in [6.45, 7) is 4.27. The molecule has 1 N–H and O–H groups in total. The van der Waals surface area contributed by atoms with Gasteiger partial charge in [-0.3, -0.25) is 4.98 Å². The molecule has 0 unspecified atom stereocenters. The molecule has 2 aromatic heterocycles. The predicted molar refractivity (Wildman–Crippen MR) is 91.6 cm³/mol. The van der Waals surface area contributed by atoms with Gasteiger partial charge in [0, 0.05) is 55.3 Å². The normalized spacial score (nSPS) is 21.6. The van der Waals surface area contributed by atoms with Crippen LogP contribution in [0.5, 0.6) is 0 Å². The van der Waals surface area contributed by atoms with Crippen molar-refractivity contribution in [1.29, 1.82) is 0 Å². The van der Waals surface area contributed by atoms with Crippen LogP contribution in [0.3, 0.4) is 0 Å². The van der Waals surface area contributed by atoms with E-state index in [4.69, 9.17) is 4.98 Å². The summed E-state index contributed by atoms with van der Waals surface area (Å²) in [5.41, 5.74) is 3.43. The van der Waals surface area contributed by atoms with Crippen molar-refractivity contribution in [3.05, 3.63) is 36.4 Å². The summed E-state index contributed by atoms with van der Waals surface area (Å²) in [4.78, 5) is 16.2. The first-order valence-corrected chi connectivity index (χ1v) is 8.65. The van der Waals surface area contributed by atoms with Crippen molar-refractivity contribution in [2.75, 3.05) is 31.1 Å². The number of pyridine rings is 1. The van der Waals surface area contributed by atoms with E-state index in [1.54, 1.807) is 0 Å². The van der Waals surface area contributed by atoms with Crippen LogP contribution in [0.25, 0.3) is 11.1 Å². The fourth-order valence-electron chi connectivity index (χ4n) is 3.60. The van der Waals surface area contributed by atoms with Crippen molar-refractivity contribution < 1.29 is 0 Å². The summed E-state index contributed by atoms with van der Waals surface area (Å²) in [5, 5.41) is 3.51. The van der Waals surface area contributed by atoms with Crippen molar-refractivity contribution in [3.8, 4) is 11.1 Å². The number of nitrogens with zero attached hydrogens (tertiary/aromatic N) is 4. The minimum Gasteiger partial charge on any atom is -0.341 e. The SMILES string of the molecule is c1cncc(-c2cnc(N3CCCC3)nc2[C@H]2CCCNC2)c1. The second-order valence-corrected chi connectivity index (χ2v) is 6.45. The number of piperidine rings is 1. The third-order valence-corrected chi connectivity index (χ3v) is 4.85. The molecule has 5 heteroatoms. The summed E-state index contributed by atoms with van der Waals surface area (Å²) in [7, 11) is 0. The third kappa shape index (κ3) is 3.06. The minimum absolute atomic E-state index is 0.461. The monoisotopic (exact) mass is 309 g/mol. The fourth-order valence-corrected chi connectivity index (χ4v) is 3.60. The van der Waals surface area contributed by atoms with Gasteiger partial charge in [-0.25, -0.2) is 9.97 Å². The first-order valence-electron chi connectivity index (χ1n) is 8.65. The third-order valence-electron chi connectivity index (χ3n) is 4.85. The summed E-state index contributed by atoms with van der Waals surface area (Å²) < 4.78 is 0. The van der Waals surface area contributed by atoms with Gasteiger partial charge >= 0.3 is 0 Å². The average molecular weight is 309 g/mol. The van der Waals surface area contributed by atoms with Crippen LogP contribution in [0.2, 0.25) is 0 Å². The first-order chi connectivity index (χ1) is 11.4. The lowest BCUT2D eigenvalue weighted by molar-refractivity contribution is 0.455. The van der Waals surface area contributed by atoms with Gasteiger partial charge in [0.25, 0.3) is 0 Å². The maximum atomic E-state index is 5.00. The van der Waals surface area contributed by atoms with Crippen molar-refractivity contribution in [2.24, 2.45) is 0 Å². The molecule has 2 aromatic rings. The Morgan fingerprint density at radius 3 is 2.78 bits per heavy atom. The van der Waals surface area contributed by atoms with Gasteiger partial charge in [0.2, 0.25) is 5.95 Å². The van der Waals surface area contributed by atoms with Crippen LogP contribution in [-0.2, 0) is 0 Å². The molecule has 0 spiro atoms. The summed E-state index contributed by atoms with van der Waals surface area (Å²) in [6, 6.07) is 4.08. The Bertz CT molecular complexity index is 646. The van der Waals surface area contributed by atoms with Crippen LogP contribution in [0.15, 0.2) is 30.7 Å². The predicted octanol–water partition coefficient (Wildman–Crippen LogP) is 2.61. The molecule has 4 heterocycles. The maximum Gasteiger partial charge on any atom is 0.225 e. The van der Waals surface area contributed by atoms with Crippen LogP contribution in [0.1, 0.15) is 37.3 Å². The molecule has 2 saturated heterocycles. The Kier molecular flexibility index (Phi) is 4.20. The number of hydrogen-bond donors (Lipinski definition) is 1. The van der Waals surface area contributed by atoms with Gasteiger partial charge in [-0.2, -0.15) is 0 Å². The second-order valence-electron chi connectivity index (χ2n) is 6.45. The van der Waals surface area contributed by atoms with E-state index >= 15 is 0 Å². The lowest BCUT2D eigenvalue weighted by Gasteiger charge is -2.25. The first kappa shape index (κ1) is 14.6. The van der Waals surface area contributed by atoms with Crippen LogP contribution in [0, 0.1) is 0 Å². The lowest BCUT2D eigenvalue weighted by atomic mass is 9.91. The smallest absolute Gasteiger partial charge is 0.225 e. The molecule has 5 nitrogen and oxygen atoms in total. The van der Waals surface area contributed by atoms with Crippen molar-refractivity contribution in [3.63, 3.8) is 0 Å². The van der Waals surface area contributed by atoms with E-state index in [2.05, 4.69) is 26.3 Å². The molecule has 2 fully saturated rings. The fraction of sp³-hybridized carbons (Fsp3) is 0.500. The molecule has 0 amide bonds. The molecule has 23 heavy (non-hydrogen) atoms. The number of rotatable bonds is 3. The Hall–Kier alpha value is -2.01. The Balaban J connectivity index is 1.74. The van der Waals surface area contributed by atoms with Crippen LogP contribution in [-0.4, -0.2) is 41.1 Å². The van der Waals surface area contributed by atoms with Crippen molar-refractivity contribution in [1.82, 2.24) is 20.3 Å². The molecular formula is C18H23N5. The van der Waals surface area contributed by atoms with Gasteiger partial charge in [0.1, 0.15) is 0 Å². The summed E-state index contributed by atoms with van der Waals surface area (Å²) in [6.07, 6.45) is 10.6. The van der Waals surface area contributed by atoms with Crippen molar-refractivity contribution in [2.45, 2.75) is 31.6 Å². The van der Waals surface area contributed by atoms with E-state index in [9.17, 15) is 0 Å². The highest BCUT2D eigenvalue weighted by molar-refractivity contribution is 5.65. The zero-order valence-corrected chi connectivity index (χ0v) is 13.4. The van der Waals surface area contributed by atoms with Crippen LogP contribution < -0.4 is 10.2 Å². The second kappa shape index (κ2) is 6.62. The largest absolute Gasteiger partial charge is 0.341 e. The molecule has 2 aliphatic heterocycles. The van der Waals surface area contributed by atoms with E-state index in [0.717, 1.165) is 43.3 Å². The molecule has 0 saturated carbocycles.